The average molecular weight is 354 g/mol. The van der Waals surface area contributed by atoms with E-state index in [0.717, 1.165) is 31.0 Å². The lowest BCUT2D eigenvalue weighted by molar-refractivity contribution is 0.139. The SMILES string of the molecule is CCCN1CCC(COc2nc3ccccc3c3c2CCCCN3)CC1. The van der Waals surface area contributed by atoms with Gasteiger partial charge in [0.15, 0.2) is 0 Å². The molecule has 4 rings (SSSR count). The summed E-state index contributed by atoms with van der Waals surface area (Å²) in [7, 11) is 0. The molecule has 0 bridgehead atoms. The van der Waals surface area contributed by atoms with Crippen LogP contribution in [0.25, 0.3) is 10.9 Å². The number of nitrogens with one attached hydrogen (secondary N) is 1. The lowest BCUT2D eigenvalue weighted by Crippen LogP contribution is -2.36. The van der Waals surface area contributed by atoms with E-state index in [1.807, 2.05) is 0 Å². The fraction of sp³-hybridized carbons (Fsp3) is 0.591. The molecule has 2 aromatic rings. The van der Waals surface area contributed by atoms with Crippen molar-refractivity contribution < 1.29 is 4.74 Å². The number of rotatable bonds is 5. The minimum Gasteiger partial charge on any atom is -0.477 e. The molecule has 1 aromatic carbocycles. The van der Waals surface area contributed by atoms with Gasteiger partial charge in [-0.15, -0.1) is 0 Å². The Morgan fingerprint density at radius 2 is 2.04 bits per heavy atom. The zero-order valence-electron chi connectivity index (χ0n) is 16.0. The second kappa shape index (κ2) is 8.26. The number of anilines is 1. The second-order valence-electron chi connectivity index (χ2n) is 7.77. The third-order valence-electron chi connectivity index (χ3n) is 5.81. The van der Waals surface area contributed by atoms with Crippen molar-refractivity contribution in [1.29, 1.82) is 0 Å². The highest BCUT2D eigenvalue weighted by Crippen LogP contribution is 2.35. The van der Waals surface area contributed by atoms with Crippen LogP contribution in [0.1, 0.15) is 44.6 Å². The van der Waals surface area contributed by atoms with Crippen molar-refractivity contribution in [3.05, 3.63) is 29.8 Å². The highest BCUT2D eigenvalue weighted by molar-refractivity contribution is 5.94. The van der Waals surface area contributed by atoms with Gasteiger partial charge in [-0.1, -0.05) is 25.1 Å². The van der Waals surface area contributed by atoms with E-state index < -0.39 is 0 Å². The molecular weight excluding hydrogens is 322 g/mol. The minimum atomic E-state index is 0.658. The molecule has 0 spiro atoms. The van der Waals surface area contributed by atoms with Gasteiger partial charge in [-0.05, 0) is 70.1 Å². The molecule has 0 unspecified atom stereocenters. The quantitative estimate of drug-likeness (QED) is 0.860. The Morgan fingerprint density at radius 3 is 2.88 bits per heavy atom. The molecule has 2 aliphatic heterocycles. The number of para-hydroxylation sites is 1. The smallest absolute Gasteiger partial charge is 0.219 e. The first-order chi connectivity index (χ1) is 12.8. The summed E-state index contributed by atoms with van der Waals surface area (Å²) in [6, 6.07) is 8.43. The van der Waals surface area contributed by atoms with Gasteiger partial charge in [-0.25, -0.2) is 4.98 Å². The van der Waals surface area contributed by atoms with E-state index in [1.54, 1.807) is 0 Å². The van der Waals surface area contributed by atoms with Crippen LogP contribution in [0.2, 0.25) is 0 Å². The van der Waals surface area contributed by atoms with Crippen molar-refractivity contribution in [3.8, 4) is 5.88 Å². The van der Waals surface area contributed by atoms with Gasteiger partial charge >= 0.3 is 0 Å². The lowest BCUT2D eigenvalue weighted by atomic mass is 9.97. The number of fused-ring (bicyclic) bond motifs is 3. The summed E-state index contributed by atoms with van der Waals surface area (Å²) in [4.78, 5) is 7.47. The van der Waals surface area contributed by atoms with Crippen LogP contribution in [0.5, 0.6) is 5.88 Å². The van der Waals surface area contributed by atoms with Crippen LogP contribution >= 0.6 is 0 Å². The molecule has 0 aliphatic carbocycles. The normalized spacial score (nSPS) is 19.0. The Balaban J connectivity index is 1.50. The number of aromatic nitrogens is 1. The summed E-state index contributed by atoms with van der Waals surface area (Å²) in [6.07, 6.45) is 7.21. The van der Waals surface area contributed by atoms with E-state index in [0.29, 0.717) is 5.92 Å². The first-order valence-corrected chi connectivity index (χ1v) is 10.4. The van der Waals surface area contributed by atoms with E-state index in [-0.39, 0.29) is 0 Å². The van der Waals surface area contributed by atoms with Crippen LogP contribution in [0.4, 0.5) is 5.69 Å². The average Bonchev–Trinajstić information content (AvgIpc) is 2.94. The molecule has 1 N–H and O–H groups in total. The van der Waals surface area contributed by atoms with Crippen LogP contribution in [0.3, 0.4) is 0 Å². The van der Waals surface area contributed by atoms with Gasteiger partial charge in [-0.2, -0.15) is 0 Å². The predicted molar refractivity (Wildman–Crippen MR) is 108 cm³/mol. The molecule has 3 heterocycles. The first kappa shape index (κ1) is 17.6. The van der Waals surface area contributed by atoms with Gasteiger partial charge in [0.2, 0.25) is 5.88 Å². The van der Waals surface area contributed by atoms with Gasteiger partial charge in [-0.3, -0.25) is 0 Å². The molecule has 0 atom stereocenters. The first-order valence-electron chi connectivity index (χ1n) is 10.4. The van der Waals surface area contributed by atoms with E-state index >= 15 is 0 Å². The van der Waals surface area contributed by atoms with E-state index in [9.17, 15) is 0 Å². The molecule has 0 amide bonds. The molecule has 140 valence electrons. The molecule has 1 fully saturated rings. The monoisotopic (exact) mass is 353 g/mol. The molecule has 1 aromatic heterocycles. The van der Waals surface area contributed by atoms with E-state index in [4.69, 9.17) is 9.72 Å². The summed E-state index contributed by atoms with van der Waals surface area (Å²) >= 11 is 0. The summed E-state index contributed by atoms with van der Waals surface area (Å²) in [5.41, 5.74) is 3.57. The molecular formula is C22H31N3O. The van der Waals surface area contributed by atoms with Crippen LogP contribution < -0.4 is 10.1 Å². The van der Waals surface area contributed by atoms with E-state index in [2.05, 4.69) is 41.4 Å². The Hall–Kier alpha value is -1.81. The number of nitrogens with zero attached hydrogens (tertiary/aromatic N) is 2. The Bertz CT molecular complexity index is 737. The van der Waals surface area contributed by atoms with Crippen molar-refractivity contribution >= 4 is 16.6 Å². The van der Waals surface area contributed by atoms with Crippen LogP contribution in [0, 0.1) is 5.92 Å². The standard InChI is InChI=1S/C22H31N3O/c1-2-13-25-14-10-17(11-15-25)16-26-22-19-8-5-6-12-23-21(19)18-7-3-4-9-20(18)24-22/h3-4,7,9,17,23H,2,5-6,8,10-16H2,1H3. The number of pyridine rings is 1. The van der Waals surface area contributed by atoms with Crippen molar-refractivity contribution in [3.63, 3.8) is 0 Å². The second-order valence-corrected chi connectivity index (χ2v) is 7.77. The van der Waals surface area contributed by atoms with Gasteiger partial charge in [0.25, 0.3) is 0 Å². The van der Waals surface area contributed by atoms with Gasteiger partial charge in [0.05, 0.1) is 17.8 Å². The maximum atomic E-state index is 6.33. The van der Waals surface area contributed by atoms with Crippen LogP contribution in [0.15, 0.2) is 24.3 Å². The van der Waals surface area contributed by atoms with Gasteiger partial charge < -0.3 is 15.0 Å². The highest BCUT2D eigenvalue weighted by atomic mass is 16.5. The number of ether oxygens (including phenoxy) is 1. The largest absolute Gasteiger partial charge is 0.477 e. The number of piperidine rings is 1. The fourth-order valence-electron chi connectivity index (χ4n) is 4.31. The molecule has 0 saturated carbocycles. The predicted octanol–water partition coefficient (Wildman–Crippen LogP) is 4.48. The summed E-state index contributed by atoms with van der Waals surface area (Å²) in [5.74, 6) is 1.52. The van der Waals surface area contributed by atoms with Crippen molar-refractivity contribution in [2.45, 2.75) is 45.4 Å². The van der Waals surface area contributed by atoms with Gasteiger partial charge in [0.1, 0.15) is 0 Å². The molecule has 4 nitrogen and oxygen atoms in total. The van der Waals surface area contributed by atoms with Crippen LogP contribution in [-0.4, -0.2) is 42.7 Å². The summed E-state index contributed by atoms with van der Waals surface area (Å²) in [6.45, 7) is 7.77. The summed E-state index contributed by atoms with van der Waals surface area (Å²) < 4.78 is 6.33. The highest BCUT2D eigenvalue weighted by Gasteiger charge is 2.22. The minimum absolute atomic E-state index is 0.658. The topological polar surface area (TPSA) is 37.4 Å². The number of benzene rings is 1. The zero-order chi connectivity index (χ0) is 17.8. The van der Waals surface area contributed by atoms with Crippen molar-refractivity contribution in [2.24, 2.45) is 5.92 Å². The zero-order valence-corrected chi connectivity index (χ0v) is 16.0. The lowest BCUT2D eigenvalue weighted by Gasteiger charge is -2.31. The molecule has 0 radical (unpaired) electrons. The maximum Gasteiger partial charge on any atom is 0.219 e. The molecule has 4 heteroatoms. The maximum absolute atomic E-state index is 6.33. The van der Waals surface area contributed by atoms with Crippen molar-refractivity contribution in [1.82, 2.24) is 9.88 Å². The fourth-order valence-corrected chi connectivity index (χ4v) is 4.31. The third kappa shape index (κ3) is 3.80. The Kier molecular flexibility index (Phi) is 5.59. The van der Waals surface area contributed by atoms with Crippen molar-refractivity contribution in [2.75, 3.05) is 38.1 Å². The third-order valence-corrected chi connectivity index (χ3v) is 5.81. The van der Waals surface area contributed by atoms with Gasteiger partial charge in [0, 0.05) is 17.5 Å². The van der Waals surface area contributed by atoms with E-state index in [1.165, 1.54) is 68.4 Å². The molecule has 1 saturated heterocycles. The number of likely N-dealkylation sites (tertiary alicyclic amines) is 1. The number of hydrogen-bond acceptors (Lipinski definition) is 4. The Morgan fingerprint density at radius 1 is 1.19 bits per heavy atom. The number of hydrogen-bond donors (Lipinski definition) is 1. The van der Waals surface area contributed by atoms with Crippen LogP contribution in [-0.2, 0) is 6.42 Å². The molecule has 26 heavy (non-hydrogen) atoms. The molecule has 2 aliphatic rings. The summed E-state index contributed by atoms with van der Waals surface area (Å²) in [5, 5.41) is 4.87. The Labute approximate surface area is 156 Å².